The molecular weight excluding hydrogens is 265 g/mol. The van der Waals surface area contributed by atoms with Gasteiger partial charge in [-0.05, 0) is 23.2 Å². The first kappa shape index (κ1) is 13.9. The van der Waals surface area contributed by atoms with E-state index >= 15 is 0 Å². The average Bonchev–Trinajstić information content (AvgIpc) is 2.39. The number of hydrogen-bond donors (Lipinski definition) is 0. The van der Waals surface area contributed by atoms with Crippen molar-refractivity contribution in [2.75, 3.05) is 0 Å². The highest BCUT2D eigenvalue weighted by atomic mass is 28.2. The fraction of sp³-hybridized carbons (Fsp3) is 0.200. The zero-order valence-corrected chi connectivity index (χ0v) is 12.0. The summed E-state index contributed by atoms with van der Waals surface area (Å²) < 4.78 is 37.4. The fourth-order valence-electron chi connectivity index (χ4n) is 2.09. The second-order valence-corrected chi connectivity index (χ2v) is 7.16. The van der Waals surface area contributed by atoms with Crippen LogP contribution in [0.15, 0.2) is 54.6 Å². The Balaban J connectivity index is 2.10. The summed E-state index contributed by atoms with van der Waals surface area (Å²) in [6, 6.07) is 15.7. The van der Waals surface area contributed by atoms with Crippen molar-refractivity contribution in [3.63, 3.8) is 0 Å². The zero-order chi connectivity index (χ0) is 13.9. The molecular formula is C15H15F3Si. The molecule has 0 nitrogen and oxygen atoms in total. The highest BCUT2D eigenvalue weighted by molar-refractivity contribution is 6.54. The summed E-state index contributed by atoms with van der Waals surface area (Å²) >= 11 is 0. The second-order valence-electron chi connectivity index (χ2n) is 4.71. The van der Waals surface area contributed by atoms with Crippen LogP contribution in [0.1, 0.15) is 23.6 Å². The Hall–Kier alpha value is -1.55. The molecule has 1 atom stereocenters. The Morgan fingerprint density at radius 1 is 0.895 bits per heavy atom. The zero-order valence-electron chi connectivity index (χ0n) is 10.6. The van der Waals surface area contributed by atoms with E-state index in [1.807, 2.05) is 18.2 Å². The van der Waals surface area contributed by atoms with Gasteiger partial charge in [0.25, 0.3) is 0 Å². The first-order chi connectivity index (χ1) is 8.97. The van der Waals surface area contributed by atoms with Gasteiger partial charge in [0.2, 0.25) is 0 Å². The highest BCUT2D eigenvalue weighted by Gasteiger charge is 2.30. The van der Waals surface area contributed by atoms with Crippen LogP contribution in [0.25, 0.3) is 0 Å². The minimum Gasteiger partial charge on any atom is -0.166 e. The maximum atomic E-state index is 12.5. The van der Waals surface area contributed by atoms with Crippen molar-refractivity contribution < 1.29 is 13.2 Å². The predicted molar refractivity (Wildman–Crippen MR) is 74.5 cm³/mol. The van der Waals surface area contributed by atoms with Gasteiger partial charge in [-0.15, -0.1) is 0 Å². The van der Waals surface area contributed by atoms with Crippen LogP contribution >= 0.6 is 0 Å². The van der Waals surface area contributed by atoms with Gasteiger partial charge in [-0.25, -0.2) is 0 Å². The molecule has 19 heavy (non-hydrogen) atoms. The molecule has 0 heterocycles. The average molecular weight is 280 g/mol. The molecule has 2 aromatic rings. The molecule has 0 aromatic heterocycles. The van der Waals surface area contributed by atoms with Crippen molar-refractivity contribution in [1.82, 2.24) is 0 Å². The van der Waals surface area contributed by atoms with Gasteiger partial charge in [0.15, 0.2) is 0 Å². The van der Waals surface area contributed by atoms with Gasteiger partial charge in [0.05, 0.1) is 15.1 Å². The first-order valence-electron chi connectivity index (χ1n) is 6.18. The first-order valence-corrected chi connectivity index (χ1v) is 7.70. The Morgan fingerprint density at radius 3 is 2.00 bits per heavy atom. The van der Waals surface area contributed by atoms with E-state index in [0.29, 0.717) is 5.54 Å². The molecule has 100 valence electrons. The van der Waals surface area contributed by atoms with Gasteiger partial charge in [-0.3, -0.25) is 0 Å². The normalized spacial score (nSPS) is 13.9. The Labute approximate surface area is 113 Å². The van der Waals surface area contributed by atoms with E-state index in [9.17, 15) is 13.2 Å². The second kappa shape index (κ2) is 5.61. The topological polar surface area (TPSA) is 0 Å². The fourth-order valence-corrected chi connectivity index (χ4v) is 3.85. The lowest BCUT2D eigenvalue weighted by Gasteiger charge is -2.13. The molecule has 0 saturated heterocycles. The Bertz CT molecular complexity index is 517. The van der Waals surface area contributed by atoms with Crippen molar-refractivity contribution in [2.45, 2.75) is 18.6 Å². The molecule has 0 bridgehead atoms. The molecule has 0 amide bonds. The third kappa shape index (κ3) is 3.70. The van der Waals surface area contributed by atoms with E-state index < -0.39 is 21.3 Å². The highest BCUT2D eigenvalue weighted by Crippen LogP contribution is 2.29. The van der Waals surface area contributed by atoms with Crippen LogP contribution in [-0.2, 0) is 6.18 Å². The molecule has 2 aromatic carbocycles. The third-order valence-electron chi connectivity index (χ3n) is 3.19. The maximum Gasteiger partial charge on any atom is 0.416 e. The van der Waals surface area contributed by atoms with E-state index in [-0.39, 0.29) is 0 Å². The number of benzene rings is 2. The summed E-state index contributed by atoms with van der Waals surface area (Å²) in [4.78, 5) is 0. The van der Waals surface area contributed by atoms with Crippen LogP contribution in [0.4, 0.5) is 13.2 Å². The monoisotopic (exact) mass is 280 g/mol. The largest absolute Gasteiger partial charge is 0.416 e. The predicted octanol–water partition coefficient (Wildman–Crippen LogP) is 3.26. The number of hydrogen-bond acceptors (Lipinski definition) is 0. The van der Waals surface area contributed by atoms with Crippen molar-refractivity contribution >= 4 is 14.7 Å². The lowest BCUT2D eigenvalue weighted by atomic mass is 10.1. The lowest BCUT2D eigenvalue weighted by molar-refractivity contribution is -0.137. The van der Waals surface area contributed by atoms with E-state index in [0.717, 1.165) is 5.56 Å². The molecule has 0 radical (unpaired) electrons. The van der Waals surface area contributed by atoms with Gasteiger partial charge < -0.3 is 0 Å². The molecule has 0 aliphatic carbocycles. The number of rotatable bonds is 3. The maximum absolute atomic E-state index is 12.5. The summed E-state index contributed by atoms with van der Waals surface area (Å²) in [5.74, 6) is 0. The van der Waals surface area contributed by atoms with Gasteiger partial charge in [-0.1, -0.05) is 54.6 Å². The van der Waals surface area contributed by atoms with Gasteiger partial charge in [-0.2, -0.15) is 13.2 Å². The number of halogens is 3. The minimum atomic E-state index is -4.25. The SMILES string of the molecule is CC([SiH2]c1ccccc1)c1ccc(C(F)(F)F)cc1. The molecule has 2 rings (SSSR count). The van der Waals surface area contributed by atoms with Crippen LogP contribution in [0, 0.1) is 0 Å². The smallest absolute Gasteiger partial charge is 0.166 e. The van der Waals surface area contributed by atoms with Crippen LogP contribution < -0.4 is 5.19 Å². The van der Waals surface area contributed by atoms with Gasteiger partial charge >= 0.3 is 6.18 Å². The molecule has 0 aliphatic heterocycles. The van der Waals surface area contributed by atoms with Crippen LogP contribution in [0.3, 0.4) is 0 Å². The summed E-state index contributed by atoms with van der Waals surface area (Å²) in [7, 11) is -0.513. The van der Waals surface area contributed by atoms with Crippen LogP contribution in [-0.4, -0.2) is 9.52 Å². The summed E-state index contributed by atoms with van der Waals surface area (Å²) in [5.41, 5.74) is 0.748. The summed E-state index contributed by atoms with van der Waals surface area (Å²) in [6.45, 7) is 2.09. The quantitative estimate of drug-likeness (QED) is 0.757. The molecule has 0 N–H and O–H groups in total. The van der Waals surface area contributed by atoms with Crippen molar-refractivity contribution in [2.24, 2.45) is 0 Å². The third-order valence-corrected chi connectivity index (χ3v) is 5.22. The Kier molecular flexibility index (Phi) is 4.10. The molecule has 4 heteroatoms. The minimum absolute atomic E-state index is 0.338. The lowest BCUT2D eigenvalue weighted by Crippen LogP contribution is -2.19. The number of alkyl halides is 3. The van der Waals surface area contributed by atoms with Crippen molar-refractivity contribution in [3.05, 3.63) is 65.7 Å². The summed E-state index contributed by atoms with van der Waals surface area (Å²) in [6.07, 6.45) is -4.25. The molecule has 1 unspecified atom stereocenters. The van der Waals surface area contributed by atoms with E-state index in [1.165, 1.54) is 17.3 Å². The van der Waals surface area contributed by atoms with Crippen LogP contribution in [0.5, 0.6) is 0 Å². The Morgan fingerprint density at radius 2 is 1.47 bits per heavy atom. The standard InChI is InChI=1S/C15H15F3Si/c1-11(19-14-5-3-2-4-6-14)12-7-9-13(10-8-12)15(16,17)18/h2-11H,19H2,1H3. The molecule has 0 aliphatic rings. The summed E-state index contributed by atoms with van der Waals surface area (Å²) in [5, 5.41) is 1.33. The van der Waals surface area contributed by atoms with Crippen molar-refractivity contribution in [3.8, 4) is 0 Å². The molecule has 0 fully saturated rings. The van der Waals surface area contributed by atoms with E-state index in [2.05, 4.69) is 19.1 Å². The van der Waals surface area contributed by atoms with Gasteiger partial charge in [0.1, 0.15) is 0 Å². The van der Waals surface area contributed by atoms with E-state index in [4.69, 9.17) is 0 Å². The van der Waals surface area contributed by atoms with Crippen molar-refractivity contribution in [1.29, 1.82) is 0 Å². The van der Waals surface area contributed by atoms with Gasteiger partial charge in [0, 0.05) is 0 Å². The molecule has 0 spiro atoms. The van der Waals surface area contributed by atoms with E-state index in [1.54, 1.807) is 12.1 Å². The van der Waals surface area contributed by atoms with Crippen LogP contribution in [0.2, 0.25) is 0 Å². The molecule has 0 saturated carbocycles.